The zero-order valence-corrected chi connectivity index (χ0v) is 20.3. The number of amides is 3. The normalized spacial score (nSPS) is 16.1. The summed E-state index contributed by atoms with van der Waals surface area (Å²) in [6.07, 6.45) is 1.05. The summed E-state index contributed by atoms with van der Waals surface area (Å²) in [5, 5.41) is 27.1. The largest absolute Gasteiger partial charge is 0.508 e. The summed E-state index contributed by atoms with van der Waals surface area (Å²) < 4.78 is 0. The molecule has 192 valence electrons. The van der Waals surface area contributed by atoms with Gasteiger partial charge in [-0.3, -0.25) is 9.69 Å². The predicted octanol–water partition coefficient (Wildman–Crippen LogP) is 3.21. The van der Waals surface area contributed by atoms with E-state index in [0.717, 1.165) is 25.1 Å². The smallest absolute Gasteiger partial charge is 0.335 e. The van der Waals surface area contributed by atoms with Gasteiger partial charge in [-0.2, -0.15) is 0 Å². The summed E-state index contributed by atoms with van der Waals surface area (Å²) in [6.45, 7) is 2.39. The lowest BCUT2D eigenvalue weighted by Gasteiger charge is -2.22. The molecule has 1 aliphatic heterocycles. The summed E-state index contributed by atoms with van der Waals surface area (Å²) in [5.74, 6) is -1.24. The van der Waals surface area contributed by atoms with Crippen LogP contribution in [0.1, 0.15) is 27.9 Å². The number of aromatic hydroxyl groups is 1. The van der Waals surface area contributed by atoms with Crippen molar-refractivity contribution in [2.45, 2.75) is 31.5 Å². The third-order valence-electron chi connectivity index (χ3n) is 6.26. The first-order valence-electron chi connectivity index (χ1n) is 12.1. The van der Waals surface area contributed by atoms with Gasteiger partial charge in [-0.15, -0.1) is 0 Å². The molecule has 0 aromatic heterocycles. The van der Waals surface area contributed by atoms with Gasteiger partial charge in [0.2, 0.25) is 5.91 Å². The van der Waals surface area contributed by atoms with Crippen molar-refractivity contribution in [3.8, 4) is 5.75 Å². The second-order valence-electron chi connectivity index (χ2n) is 9.12. The topological polar surface area (TPSA) is 131 Å². The zero-order valence-electron chi connectivity index (χ0n) is 20.3. The molecule has 2 atom stereocenters. The van der Waals surface area contributed by atoms with Crippen LogP contribution in [0.2, 0.25) is 0 Å². The van der Waals surface area contributed by atoms with Crippen LogP contribution in [0, 0.1) is 0 Å². The van der Waals surface area contributed by atoms with E-state index >= 15 is 0 Å². The highest BCUT2D eigenvalue weighted by Gasteiger charge is 2.28. The van der Waals surface area contributed by atoms with Crippen molar-refractivity contribution in [3.05, 3.63) is 95.6 Å². The second kappa shape index (κ2) is 12.0. The van der Waals surface area contributed by atoms with Crippen LogP contribution < -0.4 is 16.0 Å². The van der Waals surface area contributed by atoms with Gasteiger partial charge in [-0.25, -0.2) is 9.59 Å². The van der Waals surface area contributed by atoms with E-state index in [1.54, 1.807) is 12.1 Å². The third kappa shape index (κ3) is 7.55. The van der Waals surface area contributed by atoms with Gasteiger partial charge in [0.15, 0.2) is 0 Å². The van der Waals surface area contributed by atoms with Crippen molar-refractivity contribution in [1.82, 2.24) is 15.5 Å². The molecule has 37 heavy (non-hydrogen) atoms. The number of carboxylic acid groups (broad SMARTS) is 1. The first-order valence-corrected chi connectivity index (χ1v) is 12.1. The number of nitrogens with zero attached hydrogens (tertiary/aromatic N) is 1. The van der Waals surface area contributed by atoms with Crippen LogP contribution in [0.15, 0.2) is 78.9 Å². The molecule has 1 heterocycles. The van der Waals surface area contributed by atoms with E-state index in [9.17, 15) is 19.5 Å². The Labute approximate surface area is 215 Å². The molecule has 1 saturated heterocycles. The van der Waals surface area contributed by atoms with E-state index in [1.165, 1.54) is 42.0 Å². The molecule has 4 rings (SSSR count). The lowest BCUT2D eigenvalue weighted by atomic mass is 10.0. The van der Waals surface area contributed by atoms with Crippen molar-refractivity contribution in [2.75, 3.05) is 18.4 Å². The number of carbonyl (C=O) groups is 3. The zero-order chi connectivity index (χ0) is 26.2. The van der Waals surface area contributed by atoms with Gasteiger partial charge in [-0.1, -0.05) is 42.5 Å². The number of benzene rings is 3. The van der Waals surface area contributed by atoms with Crippen LogP contribution >= 0.6 is 0 Å². The van der Waals surface area contributed by atoms with Gasteiger partial charge in [0.1, 0.15) is 11.8 Å². The van der Waals surface area contributed by atoms with Crippen molar-refractivity contribution < 1.29 is 24.6 Å². The predicted molar refractivity (Wildman–Crippen MR) is 139 cm³/mol. The summed E-state index contributed by atoms with van der Waals surface area (Å²) in [5.41, 5.74) is 2.50. The SMILES string of the molecule is O=C(Nc1ccc(C(=O)O)cc1)N[C@@H](Cc1ccc(O)cc1)C(=O)NC1CCN(Cc2ccccc2)C1. The van der Waals surface area contributed by atoms with Gasteiger partial charge >= 0.3 is 12.0 Å². The molecular weight excluding hydrogens is 472 g/mol. The molecule has 5 N–H and O–H groups in total. The summed E-state index contributed by atoms with van der Waals surface area (Å²) in [7, 11) is 0. The first-order chi connectivity index (χ1) is 17.9. The van der Waals surface area contributed by atoms with E-state index in [-0.39, 0.29) is 29.7 Å². The molecule has 0 aliphatic carbocycles. The first kappa shape index (κ1) is 25.7. The van der Waals surface area contributed by atoms with Gasteiger partial charge < -0.3 is 26.2 Å². The van der Waals surface area contributed by atoms with E-state index in [4.69, 9.17) is 5.11 Å². The Kier molecular flexibility index (Phi) is 8.37. The molecule has 3 amide bonds. The molecule has 1 fully saturated rings. The third-order valence-corrected chi connectivity index (χ3v) is 6.26. The van der Waals surface area contributed by atoms with Crippen LogP contribution in [0.4, 0.5) is 10.5 Å². The fourth-order valence-electron chi connectivity index (χ4n) is 4.34. The van der Waals surface area contributed by atoms with Crippen molar-refractivity contribution in [1.29, 1.82) is 0 Å². The minimum Gasteiger partial charge on any atom is -0.508 e. The Morgan fingerprint density at radius 2 is 1.62 bits per heavy atom. The Balaban J connectivity index is 1.38. The van der Waals surface area contributed by atoms with Crippen LogP contribution in [0.5, 0.6) is 5.75 Å². The maximum Gasteiger partial charge on any atom is 0.335 e. The molecule has 1 unspecified atom stereocenters. The fourth-order valence-corrected chi connectivity index (χ4v) is 4.34. The van der Waals surface area contributed by atoms with Gasteiger partial charge in [0, 0.05) is 37.8 Å². The van der Waals surface area contributed by atoms with Crippen molar-refractivity contribution in [2.24, 2.45) is 0 Å². The molecule has 9 nitrogen and oxygen atoms in total. The lowest BCUT2D eigenvalue weighted by molar-refractivity contribution is -0.123. The number of aromatic carboxylic acids is 1. The number of nitrogens with one attached hydrogen (secondary N) is 3. The van der Waals surface area contributed by atoms with E-state index in [1.807, 2.05) is 18.2 Å². The molecule has 1 aliphatic rings. The molecule has 0 bridgehead atoms. The van der Waals surface area contributed by atoms with Gasteiger partial charge in [0.25, 0.3) is 0 Å². The number of phenols is 1. The fraction of sp³-hybridized carbons (Fsp3) is 0.250. The summed E-state index contributed by atoms with van der Waals surface area (Å²) in [4.78, 5) is 39.3. The Hall–Kier alpha value is -4.37. The van der Waals surface area contributed by atoms with Crippen LogP contribution in [-0.2, 0) is 17.8 Å². The Morgan fingerprint density at radius 3 is 2.30 bits per heavy atom. The number of likely N-dealkylation sites (tertiary alicyclic amines) is 1. The number of phenolic OH excluding ortho intramolecular Hbond substituents is 1. The molecule has 9 heteroatoms. The van der Waals surface area contributed by atoms with E-state index < -0.39 is 18.0 Å². The molecule has 3 aromatic rings. The quantitative estimate of drug-likeness (QED) is 0.305. The number of hydrogen-bond donors (Lipinski definition) is 5. The second-order valence-corrected chi connectivity index (χ2v) is 9.12. The average Bonchev–Trinajstić information content (AvgIpc) is 3.32. The number of urea groups is 1. The minimum atomic E-state index is -1.06. The lowest BCUT2D eigenvalue weighted by Crippen LogP contribution is -2.52. The number of hydrogen-bond acceptors (Lipinski definition) is 5. The molecular formula is C28H30N4O5. The van der Waals surface area contributed by atoms with Crippen LogP contribution in [-0.4, -0.2) is 58.2 Å². The number of anilines is 1. The molecule has 0 radical (unpaired) electrons. The highest BCUT2D eigenvalue weighted by atomic mass is 16.4. The standard InChI is InChI=1S/C28H30N4O5/c33-24-12-6-19(7-13-24)16-25(31-28(37)30-22-10-8-21(9-11-22)27(35)36)26(34)29-23-14-15-32(18-23)17-20-4-2-1-3-5-20/h1-13,23,25,33H,14-18H2,(H,29,34)(H,35,36)(H2,30,31,37)/t23?,25-/m0/s1. The maximum atomic E-state index is 13.3. The van der Waals surface area contributed by atoms with E-state index in [0.29, 0.717) is 12.2 Å². The average molecular weight is 503 g/mol. The minimum absolute atomic E-state index is 0.0352. The van der Waals surface area contributed by atoms with Crippen LogP contribution in [0.3, 0.4) is 0 Å². The van der Waals surface area contributed by atoms with Gasteiger partial charge in [-0.05, 0) is 53.9 Å². The van der Waals surface area contributed by atoms with Crippen LogP contribution in [0.25, 0.3) is 0 Å². The summed E-state index contributed by atoms with van der Waals surface area (Å²) in [6, 6.07) is 20.9. The van der Waals surface area contributed by atoms with Crippen molar-refractivity contribution in [3.63, 3.8) is 0 Å². The molecule has 0 spiro atoms. The van der Waals surface area contributed by atoms with Crippen molar-refractivity contribution >= 4 is 23.6 Å². The Morgan fingerprint density at radius 1 is 0.919 bits per heavy atom. The monoisotopic (exact) mass is 502 g/mol. The Bertz CT molecular complexity index is 1220. The number of carbonyl (C=O) groups excluding carboxylic acids is 2. The van der Waals surface area contributed by atoms with E-state index in [2.05, 4.69) is 33.0 Å². The molecule has 3 aromatic carbocycles. The number of carboxylic acids is 1. The summed E-state index contributed by atoms with van der Waals surface area (Å²) >= 11 is 0. The molecule has 0 saturated carbocycles. The number of rotatable bonds is 9. The van der Waals surface area contributed by atoms with Gasteiger partial charge in [0.05, 0.1) is 5.56 Å². The maximum absolute atomic E-state index is 13.3. The highest BCUT2D eigenvalue weighted by Crippen LogP contribution is 2.16. The highest BCUT2D eigenvalue weighted by molar-refractivity contribution is 5.94.